The SMILES string of the molecule is CC(C)CN1CC(C(=O)N(C)CC(C)C(=O)O)CC1=O. The fourth-order valence-electron chi connectivity index (χ4n) is 2.45. The number of nitrogens with zero attached hydrogens (tertiary/aromatic N) is 2. The molecule has 0 aromatic rings. The van der Waals surface area contributed by atoms with Crippen molar-refractivity contribution >= 4 is 17.8 Å². The van der Waals surface area contributed by atoms with Crippen LogP contribution in [0.3, 0.4) is 0 Å². The van der Waals surface area contributed by atoms with Gasteiger partial charge >= 0.3 is 5.97 Å². The summed E-state index contributed by atoms with van der Waals surface area (Å²) >= 11 is 0. The van der Waals surface area contributed by atoms with E-state index in [1.807, 2.05) is 13.8 Å². The molecule has 0 bridgehead atoms. The third-order valence-electron chi connectivity index (χ3n) is 3.49. The predicted molar refractivity (Wildman–Crippen MR) is 74.0 cm³/mol. The highest BCUT2D eigenvalue weighted by Crippen LogP contribution is 2.21. The van der Waals surface area contributed by atoms with Crippen molar-refractivity contribution < 1.29 is 19.5 Å². The molecule has 0 aromatic carbocycles. The van der Waals surface area contributed by atoms with Gasteiger partial charge in [-0.15, -0.1) is 0 Å². The molecule has 2 atom stereocenters. The summed E-state index contributed by atoms with van der Waals surface area (Å²) in [5.41, 5.74) is 0. The van der Waals surface area contributed by atoms with Gasteiger partial charge in [0.1, 0.15) is 0 Å². The molecule has 1 heterocycles. The lowest BCUT2D eigenvalue weighted by molar-refractivity contribution is -0.143. The highest BCUT2D eigenvalue weighted by atomic mass is 16.4. The number of carboxylic acid groups (broad SMARTS) is 1. The number of rotatable bonds is 6. The Morgan fingerprint density at radius 1 is 1.40 bits per heavy atom. The largest absolute Gasteiger partial charge is 0.481 e. The highest BCUT2D eigenvalue weighted by molar-refractivity contribution is 5.89. The van der Waals surface area contributed by atoms with Crippen LogP contribution in [0.5, 0.6) is 0 Å². The highest BCUT2D eigenvalue weighted by Gasteiger charge is 2.36. The van der Waals surface area contributed by atoms with E-state index in [2.05, 4.69) is 0 Å². The predicted octanol–water partition coefficient (Wildman–Crippen LogP) is 0.670. The van der Waals surface area contributed by atoms with Gasteiger partial charge in [-0.05, 0) is 5.92 Å². The molecular weight excluding hydrogens is 260 g/mol. The number of carbonyl (C=O) groups excluding carboxylic acids is 2. The Balaban J connectivity index is 2.56. The fraction of sp³-hybridized carbons (Fsp3) is 0.786. The van der Waals surface area contributed by atoms with Gasteiger partial charge in [0.15, 0.2) is 0 Å². The van der Waals surface area contributed by atoms with Gasteiger partial charge in [0.25, 0.3) is 0 Å². The van der Waals surface area contributed by atoms with Crippen LogP contribution in [-0.2, 0) is 14.4 Å². The van der Waals surface area contributed by atoms with Crippen molar-refractivity contribution in [1.82, 2.24) is 9.80 Å². The van der Waals surface area contributed by atoms with Crippen LogP contribution in [0, 0.1) is 17.8 Å². The smallest absolute Gasteiger partial charge is 0.308 e. The number of carbonyl (C=O) groups is 3. The number of hydrogen-bond acceptors (Lipinski definition) is 3. The molecule has 2 amide bonds. The number of likely N-dealkylation sites (tertiary alicyclic amines) is 1. The van der Waals surface area contributed by atoms with Crippen molar-refractivity contribution in [1.29, 1.82) is 0 Å². The third kappa shape index (κ3) is 4.21. The van der Waals surface area contributed by atoms with E-state index in [-0.39, 0.29) is 30.7 Å². The summed E-state index contributed by atoms with van der Waals surface area (Å²) in [6.07, 6.45) is 0.233. The molecule has 1 saturated heterocycles. The summed E-state index contributed by atoms with van der Waals surface area (Å²) in [5.74, 6) is -1.62. The average Bonchev–Trinajstić information content (AvgIpc) is 2.68. The fourth-order valence-corrected chi connectivity index (χ4v) is 2.45. The van der Waals surface area contributed by atoms with Crippen LogP contribution in [0.25, 0.3) is 0 Å². The first kappa shape index (κ1) is 16.5. The van der Waals surface area contributed by atoms with Crippen molar-refractivity contribution in [2.24, 2.45) is 17.8 Å². The minimum absolute atomic E-state index is 0.0109. The molecule has 6 nitrogen and oxygen atoms in total. The van der Waals surface area contributed by atoms with Crippen molar-refractivity contribution in [3.05, 3.63) is 0 Å². The maximum absolute atomic E-state index is 12.2. The monoisotopic (exact) mass is 284 g/mol. The van der Waals surface area contributed by atoms with Crippen LogP contribution in [0.2, 0.25) is 0 Å². The van der Waals surface area contributed by atoms with Crippen LogP contribution < -0.4 is 0 Å². The number of amides is 2. The Kier molecular flexibility index (Phi) is 5.53. The molecule has 1 rings (SSSR count). The van der Waals surface area contributed by atoms with E-state index in [0.717, 1.165) is 0 Å². The average molecular weight is 284 g/mol. The first-order valence-corrected chi connectivity index (χ1v) is 6.98. The quantitative estimate of drug-likeness (QED) is 0.777. The van der Waals surface area contributed by atoms with Gasteiger partial charge in [0.2, 0.25) is 11.8 Å². The molecule has 0 radical (unpaired) electrons. The molecule has 1 N–H and O–H groups in total. The Morgan fingerprint density at radius 3 is 2.50 bits per heavy atom. The van der Waals surface area contributed by atoms with E-state index in [0.29, 0.717) is 19.0 Å². The van der Waals surface area contributed by atoms with E-state index < -0.39 is 11.9 Å². The molecule has 2 unspecified atom stereocenters. The first-order valence-electron chi connectivity index (χ1n) is 6.98. The second kappa shape index (κ2) is 6.72. The Hall–Kier alpha value is -1.59. The van der Waals surface area contributed by atoms with Crippen LogP contribution in [0.4, 0.5) is 0 Å². The summed E-state index contributed by atoms with van der Waals surface area (Å²) in [4.78, 5) is 38.0. The minimum Gasteiger partial charge on any atom is -0.481 e. The number of aliphatic carboxylic acids is 1. The van der Waals surface area contributed by atoms with Crippen LogP contribution in [0.1, 0.15) is 27.2 Å². The topological polar surface area (TPSA) is 77.9 Å². The molecular formula is C14H24N2O4. The van der Waals surface area contributed by atoms with E-state index in [1.54, 1.807) is 18.9 Å². The summed E-state index contributed by atoms with van der Waals surface area (Å²) < 4.78 is 0. The zero-order valence-electron chi connectivity index (χ0n) is 12.6. The van der Waals surface area contributed by atoms with Crippen molar-refractivity contribution in [2.75, 3.05) is 26.7 Å². The lowest BCUT2D eigenvalue weighted by Crippen LogP contribution is -2.38. The Morgan fingerprint density at radius 2 is 2.00 bits per heavy atom. The maximum atomic E-state index is 12.2. The zero-order chi connectivity index (χ0) is 15.4. The van der Waals surface area contributed by atoms with Crippen molar-refractivity contribution in [3.8, 4) is 0 Å². The Bertz CT molecular complexity index is 395. The van der Waals surface area contributed by atoms with Crippen molar-refractivity contribution in [3.63, 3.8) is 0 Å². The number of carboxylic acids is 1. The molecule has 0 aromatic heterocycles. The normalized spacial score (nSPS) is 20.4. The van der Waals surface area contributed by atoms with Crippen molar-refractivity contribution in [2.45, 2.75) is 27.2 Å². The lowest BCUT2D eigenvalue weighted by atomic mass is 10.1. The van der Waals surface area contributed by atoms with Gasteiger partial charge in [0, 0.05) is 33.1 Å². The molecule has 1 aliphatic rings. The second-order valence-electron chi connectivity index (χ2n) is 6.05. The van der Waals surface area contributed by atoms with Crippen LogP contribution in [-0.4, -0.2) is 59.4 Å². The van der Waals surface area contributed by atoms with Gasteiger partial charge in [-0.3, -0.25) is 14.4 Å². The molecule has 6 heteroatoms. The van der Waals surface area contributed by atoms with Crippen LogP contribution in [0.15, 0.2) is 0 Å². The maximum Gasteiger partial charge on any atom is 0.308 e. The lowest BCUT2D eigenvalue weighted by Gasteiger charge is -2.23. The van der Waals surface area contributed by atoms with E-state index in [4.69, 9.17) is 5.11 Å². The molecule has 0 spiro atoms. The molecule has 0 saturated carbocycles. The molecule has 1 aliphatic heterocycles. The van der Waals surface area contributed by atoms with Gasteiger partial charge in [-0.25, -0.2) is 0 Å². The zero-order valence-corrected chi connectivity index (χ0v) is 12.6. The van der Waals surface area contributed by atoms with Gasteiger partial charge in [-0.2, -0.15) is 0 Å². The second-order valence-corrected chi connectivity index (χ2v) is 6.05. The summed E-state index contributed by atoms with van der Waals surface area (Å²) in [5, 5.41) is 8.86. The van der Waals surface area contributed by atoms with E-state index in [9.17, 15) is 14.4 Å². The molecule has 114 valence electrons. The van der Waals surface area contributed by atoms with Crippen LogP contribution >= 0.6 is 0 Å². The summed E-state index contributed by atoms with van der Waals surface area (Å²) in [6.45, 7) is 6.91. The van der Waals surface area contributed by atoms with Gasteiger partial charge in [-0.1, -0.05) is 20.8 Å². The van der Waals surface area contributed by atoms with E-state index in [1.165, 1.54) is 4.90 Å². The summed E-state index contributed by atoms with van der Waals surface area (Å²) in [7, 11) is 1.59. The van der Waals surface area contributed by atoms with Gasteiger partial charge in [0.05, 0.1) is 11.8 Å². The summed E-state index contributed by atoms with van der Waals surface area (Å²) in [6, 6.07) is 0. The molecule has 1 fully saturated rings. The third-order valence-corrected chi connectivity index (χ3v) is 3.49. The Labute approximate surface area is 119 Å². The van der Waals surface area contributed by atoms with Gasteiger partial charge < -0.3 is 14.9 Å². The first-order chi connectivity index (χ1) is 9.22. The molecule has 20 heavy (non-hydrogen) atoms. The molecule has 0 aliphatic carbocycles. The van der Waals surface area contributed by atoms with E-state index >= 15 is 0 Å². The standard InChI is InChI=1S/C14H24N2O4/c1-9(2)6-16-8-11(5-12(16)17)13(18)15(4)7-10(3)14(19)20/h9-11H,5-8H2,1-4H3,(H,19,20). The number of hydrogen-bond donors (Lipinski definition) is 1. The minimum atomic E-state index is -0.923.